The third-order valence-electron chi connectivity index (χ3n) is 3.83. The second kappa shape index (κ2) is 7.74. The summed E-state index contributed by atoms with van der Waals surface area (Å²) in [7, 11) is 1.76. The van der Waals surface area contributed by atoms with Crippen LogP contribution in [0.25, 0.3) is 5.69 Å². The van der Waals surface area contributed by atoms with Crippen molar-refractivity contribution < 1.29 is 9.21 Å². The molecule has 0 bridgehead atoms. The minimum absolute atomic E-state index is 0.0148. The fourth-order valence-corrected chi connectivity index (χ4v) is 3.46. The topological polar surface area (TPSA) is 77.1 Å². The van der Waals surface area contributed by atoms with Crippen LogP contribution in [-0.4, -0.2) is 43.8 Å². The van der Waals surface area contributed by atoms with E-state index in [9.17, 15) is 4.79 Å². The molecule has 1 amide bonds. The molecule has 0 aliphatic carbocycles. The first-order valence-corrected chi connectivity index (χ1v) is 9.20. The van der Waals surface area contributed by atoms with Gasteiger partial charge in [0.15, 0.2) is 0 Å². The summed E-state index contributed by atoms with van der Waals surface area (Å²) in [6.45, 7) is 6.38. The maximum Gasteiger partial charge on any atom is 0.233 e. The molecule has 0 N–H and O–H groups in total. The average molecular weight is 371 g/mol. The van der Waals surface area contributed by atoms with Crippen molar-refractivity contribution in [2.45, 2.75) is 32.5 Å². The zero-order valence-corrected chi connectivity index (χ0v) is 16.1. The molecule has 136 valence electrons. The lowest BCUT2D eigenvalue weighted by atomic mass is 10.1. The average Bonchev–Trinajstić information content (AvgIpc) is 3.20. The summed E-state index contributed by atoms with van der Waals surface area (Å²) in [6, 6.07) is 9.89. The Morgan fingerprint density at radius 3 is 2.58 bits per heavy atom. The predicted molar refractivity (Wildman–Crippen MR) is 99.3 cm³/mol. The van der Waals surface area contributed by atoms with Gasteiger partial charge < -0.3 is 9.32 Å². The fourth-order valence-electron chi connectivity index (χ4n) is 2.63. The lowest BCUT2D eigenvalue weighted by Gasteiger charge is -2.15. The van der Waals surface area contributed by atoms with Gasteiger partial charge in [0.2, 0.25) is 11.1 Å². The minimum Gasteiger partial charge on any atom is -0.464 e. The highest BCUT2D eigenvalue weighted by atomic mass is 32.2. The Bertz CT molecular complexity index is 898. The number of carbonyl (C=O) groups is 1. The molecule has 0 radical (unpaired) electrons. The summed E-state index contributed by atoms with van der Waals surface area (Å²) < 4.78 is 7.18. The number of amides is 1. The zero-order chi connectivity index (χ0) is 18.7. The van der Waals surface area contributed by atoms with E-state index in [1.165, 1.54) is 11.8 Å². The highest BCUT2D eigenvalue weighted by Crippen LogP contribution is 2.20. The molecule has 3 rings (SSSR count). The third kappa shape index (κ3) is 4.32. The molecule has 8 heteroatoms. The van der Waals surface area contributed by atoms with Crippen molar-refractivity contribution in [1.82, 2.24) is 25.1 Å². The van der Waals surface area contributed by atoms with Crippen LogP contribution in [0.3, 0.4) is 0 Å². The van der Waals surface area contributed by atoms with Crippen LogP contribution in [-0.2, 0) is 11.3 Å². The van der Waals surface area contributed by atoms with Crippen LogP contribution in [0.15, 0.2) is 39.9 Å². The number of hydrogen-bond acceptors (Lipinski definition) is 6. The van der Waals surface area contributed by atoms with E-state index in [0.717, 1.165) is 28.3 Å². The lowest BCUT2D eigenvalue weighted by Crippen LogP contribution is -2.27. The molecule has 26 heavy (non-hydrogen) atoms. The predicted octanol–water partition coefficient (Wildman–Crippen LogP) is 2.93. The van der Waals surface area contributed by atoms with E-state index < -0.39 is 0 Å². The Hall–Kier alpha value is -2.61. The van der Waals surface area contributed by atoms with Crippen molar-refractivity contribution in [3.05, 3.63) is 53.0 Å². The van der Waals surface area contributed by atoms with E-state index in [2.05, 4.69) is 21.6 Å². The molecule has 2 aromatic heterocycles. The van der Waals surface area contributed by atoms with E-state index >= 15 is 0 Å². The number of thioether (sulfide) groups is 1. The fraction of sp³-hybridized carbons (Fsp3) is 0.333. The number of carbonyl (C=O) groups excluding carboxylic acids is 1. The van der Waals surface area contributed by atoms with Gasteiger partial charge in [0, 0.05) is 7.05 Å². The van der Waals surface area contributed by atoms with Crippen molar-refractivity contribution in [2.75, 3.05) is 12.8 Å². The van der Waals surface area contributed by atoms with Crippen molar-refractivity contribution >= 4 is 17.7 Å². The number of benzene rings is 1. The van der Waals surface area contributed by atoms with E-state index in [1.54, 1.807) is 16.6 Å². The SMILES string of the molecule is Cc1cc(C)cc(-n2nnnc2SCC(=O)N(C)Cc2ccc(C)o2)c1. The molecule has 0 saturated carbocycles. The number of rotatable bonds is 6. The summed E-state index contributed by atoms with van der Waals surface area (Å²) in [5.41, 5.74) is 3.16. The molecule has 0 saturated heterocycles. The van der Waals surface area contributed by atoms with E-state index in [1.807, 2.05) is 45.0 Å². The number of aromatic nitrogens is 4. The molecule has 0 fully saturated rings. The number of aryl methyl sites for hydroxylation is 3. The second-order valence-corrected chi connectivity index (χ2v) is 7.21. The Kier molecular flexibility index (Phi) is 5.41. The molecule has 0 aliphatic heterocycles. The van der Waals surface area contributed by atoms with Crippen LogP contribution < -0.4 is 0 Å². The number of hydrogen-bond donors (Lipinski definition) is 0. The van der Waals surface area contributed by atoms with Gasteiger partial charge in [0.1, 0.15) is 11.5 Å². The summed E-state index contributed by atoms with van der Waals surface area (Å²) in [6.07, 6.45) is 0. The number of nitrogens with zero attached hydrogens (tertiary/aromatic N) is 5. The first kappa shape index (κ1) is 18.2. The van der Waals surface area contributed by atoms with Crippen molar-refractivity contribution in [1.29, 1.82) is 0 Å². The van der Waals surface area contributed by atoms with Gasteiger partial charge in [-0.15, -0.1) is 5.10 Å². The van der Waals surface area contributed by atoms with Crippen LogP contribution in [0.5, 0.6) is 0 Å². The lowest BCUT2D eigenvalue weighted by molar-refractivity contribution is -0.127. The molecule has 0 unspecified atom stereocenters. The molecule has 0 aliphatic rings. The molecular weight excluding hydrogens is 350 g/mol. The zero-order valence-electron chi connectivity index (χ0n) is 15.3. The Labute approximate surface area is 156 Å². The van der Waals surface area contributed by atoms with Gasteiger partial charge in [-0.05, 0) is 66.6 Å². The summed E-state index contributed by atoms with van der Waals surface area (Å²) in [5, 5.41) is 12.4. The first-order chi connectivity index (χ1) is 12.4. The van der Waals surface area contributed by atoms with Gasteiger partial charge in [-0.2, -0.15) is 4.68 Å². The normalized spacial score (nSPS) is 10.9. The maximum absolute atomic E-state index is 12.4. The first-order valence-electron chi connectivity index (χ1n) is 8.21. The van der Waals surface area contributed by atoms with Crippen molar-refractivity contribution in [2.24, 2.45) is 0 Å². The van der Waals surface area contributed by atoms with Crippen molar-refractivity contribution in [3.8, 4) is 5.69 Å². The van der Waals surface area contributed by atoms with E-state index in [-0.39, 0.29) is 11.7 Å². The maximum atomic E-state index is 12.4. The summed E-state index contributed by atoms with van der Waals surface area (Å²) in [4.78, 5) is 14.0. The molecule has 1 aromatic carbocycles. The van der Waals surface area contributed by atoms with Crippen molar-refractivity contribution in [3.63, 3.8) is 0 Å². The summed E-state index contributed by atoms with van der Waals surface area (Å²) >= 11 is 1.32. The molecule has 3 aromatic rings. The third-order valence-corrected chi connectivity index (χ3v) is 4.74. The number of tetrazole rings is 1. The van der Waals surface area contributed by atoms with Gasteiger partial charge in [0.25, 0.3) is 0 Å². The Balaban J connectivity index is 1.65. The van der Waals surface area contributed by atoms with Crippen LogP contribution >= 0.6 is 11.8 Å². The number of furan rings is 1. The van der Waals surface area contributed by atoms with Gasteiger partial charge in [0.05, 0.1) is 18.0 Å². The Morgan fingerprint density at radius 2 is 1.92 bits per heavy atom. The molecule has 7 nitrogen and oxygen atoms in total. The van der Waals surface area contributed by atoms with Gasteiger partial charge in [-0.25, -0.2) is 0 Å². The quantitative estimate of drug-likeness (QED) is 0.620. The smallest absolute Gasteiger partial charge is 0.233 e. The van der Waals surface area contributed by atoms with Crippen LogP contribution in [0.1, 0.15) is 22.6 Å². The second-order valence-electron chi connectivity index (χ2n) is 6.27. The van der Waals surface area contributed by atoms with E-state index in [4.69, 9.17) is 4.42 Å². The summed E-state index contributed by atoms with van der Waals surface area (Å²) in [5.74, 6) is 1.84. The molecular formula is C18H21N5O2S. The van der Waals surface area contributed by atoms with Gasteiger partial charge in [-0.1, -0.05) is 17.8 Å². The van der Waals surface area contributed by atoms with Crippen LogP contribution in [0.4, 0.5) is 0 Å². The van der Waals surface area contributed by atoms with Crippen LogP contribution in [0, 0.1) is 20.8 Å². The standard InChI is InChI=1S/C18H21N5O2S/c1-12-7-13(2)9-15(8-12)23-18(19-20-21-23)26-11-17(24)22(4)10-16-6-5-14(3)25-16/h5-9H,10-11H2,1-4H3. The Morgan fingerprint density at radius 1 is 1.19 bits per heavy atom. The highest BCUT2D eigenvalue weighted by molar-refractivity contribution is 7.99. The largest absolute Gasteiger partial charge is 0.464 e. The van der Waals surface area contributed by atoms with Gasteiger partial charge in [-0.3, -0.25) is 4.79 Å². The minimum atomic E-state index is -0.0148. The molecule has 2 heterocycles. The van der Waals surface area contributed by atoms with Crippen LogP contribution in [0.2, 0.25) is 0 Å². The highest BCUT2D eigenvalue weighted by Gasteiger charge is 2.15. The van der Waals surface area contributed by atoms with E-state index in [0.29, 0.717) is 11.7 Å². The monoisotopic (exact) mass is 371 g/mol. The van der Waals surface area contributed by atoms with Gasteiger partial charge >= 0.3 is 0 Å². The molecule has 0 atom stereocenters. The molecule has 0 spiro atoms.